The van der Waals surface area contributed by atoms with Crippen LogP contribution in [0.1, 0.15) is 31.7 Å². The van der Waals surface area contributed by atoms with Crippen LogP contribution in [0.2, 0.25) is 0 Å². The van der Waals surface area contributed by atoms with E-state index in [9.17, 15) is 14.0 Å². The minimum atomic E-state index is -0.413. The third kappa shape index (κ3) is 5.91. The molecule has 5 nitrogen and oxygen atoms in total. The van der Waals surface area contributed by atoms with E-state index in [0.29, 0.717) is 16.8 Å². The van der Waals surface area contributed by atoms with Crippen molar-refractivity contribution < 1.29 is 14.0 Å². The number of anilines is 2. The standard InChI is InChI=1S/C23H26FN3O2/c1-17(15-18-7-3-4-8-21(18)24)23(29)25-16-22(28)26-19-9-11-20(12-10-19)27-13-5-2-6-14-27/h3-4,7-12,15H,2,5-6,13-14,16H2,1H3,(H,25,29)(H,26,28)/b17-15+. The minimum Gasteiger partial charge on any atom is -0.372 e. The summed E-state index contributed by atoms with van der Waals surface area (Å²) < 4.78 is 13.7. The van der Waals surface area contributed by atoms with Gasteiger partial charge >= 0.3 is 0 Å². The highest BCUT2D eigenvalue weighted by Crippen LogP contribution is 2.21. The Morgan fingerprint density at radius 3 is 2.41 bits per heavy atom. The van der Waals surface area contributed by atoms with Crippen LogP contribution >= 0.6 is 0 Å². The highest BCUT2D eigenvalue weighted by atomic mass is 19.1. The Balaban J connectivity index is 1.49. The van der Waals surface area contributed by atoms with Crippen molar-refractivity contribution in [3.63, 3.8) is 0 Å². The van der Waals surface area contributed by atoms with Crippen LogP contribution in [0.3, 0.4) is 0 Å². The summed E-state index contributed by atoms with van der Waals surface area (Å²) in [6.45, 7) is 3.56. The number of hydrogen-bond acceptors (Lipinski definition) is 3. The number of amides is 2. The minimum absolute atomic E-state index is 0.158. The van der Waals surface area contributed by atoms with Gasteiger partial charge in [0.25, 0.3) is 0 Å². The third-order valence-electron chi connectivity index (χ3n) is 4.92. The lowest BCUT2D eigenvalue weighted by Crippen LogP contribution is -2.33. The first-order chi connectivity index (χ1) is 14.0. The summed E-state index contributed by atoms with van der Waals surface area (Å²) in [6, 6.07) is 13.9. The first-order valence-corrected chi connectivity index (χ1v) is 9.89. The summed E-state index contributed by atoms with van der Waals surface area (Å²) in [6.07, 6.45) is 5.17. The maximum Gasteiger partial charge on any atom is 0.247 e. The zero-order chi connectivity index (χ0) is 20.6. The van der Waals surface area contributed by atoms with E-state index < -0.39 is 11.7 Å². The zero-order valence-corrected chi connectivity index (χ0v) is 16.6. The van der Waals surface area contributed by atoms with Crippen LogP contribution in [0.4, 0.5) is 15.8 Å². The molecule has 1 aliphatic heterocycles. The Kier molecular flexibility index (Phi) is 7.00. The molecule has 0 atom stereocenters. The molecule has 0 unspecified atom stereocenters. The number of nitrogens with zero attached hydrogens (tertiary/aromatic N) is 1. The molecule has 2 N–H and O–H groups in total. The predicted octanol–water partition coefficient (Wildman–Crippen LogP) is 3.97. The van der Waals surface area contributed by atoms with Crippen molar-refractivity contribution >= 4 is 29.3 Å². The van der Waals surface area contributed by atoms with Gasteiger partial charge in [-0.2, -0.15) is 0 Å². The van der Waals surface area contributed by atoms with Gasteiger partial charge in [-0.1, -0.05) is 18.2 Å². The molecule has 0 aliphatic carbocycles. The Morgan fingerprint density at radius 1 is 1.03 bits per heavy atom. The highest BCUT2D eigenvalue weighted by molar-refractivity contribution is 6.01. The van der Waals surface area contributed by atoms with E-state index >= 15 is 0 Å². The topological polar surface area (TPSA) is 61.4 Å². The Morgan fingerprint density at radius 2 is 1.72 bits per heavy atom. The molecule has 0 bridgehead atoms. The fourth-order valence-corrected chi connectivity index (χ4v) is 3.30. The van der Waals surface area contributed by atoms with Crippen molar-refractivity contribution in [1.82, 2.24) is 5.32 Å². The largest absolute Gasteiger partial charge is 0.372 e. The molecule has 3 rings (SSSR count). The molecule has 152 valence electrons. The molecule has 0 aromatic heterocycles. The van der Waals surface area contributed by atoms with Crippen LogP contribution in [0.5, 0.6) is 0 Å². The van der Waals surface area contributed by atoms with E-state index in [1.54, 1.807) is 25.1 Å². The van der Waals surface area contributed by atoms with E-state index in [0.717, 1.165) is 18.8 Å². The van der Waals surface area contributed by atoms with Crippen LogP contribution < -0.4 is 15.5 Å². The molecule has 1 heterocycles. The monoisotopic (exact) mass is 395 g/mol. The highest BCUT2D eigenvalue weighted by Gasteiger charge is 2.12. The molecular formula is C23H26FN3O2. The molecule has 2 aromatic carbocycles. The van der Waals surface area contributed by atoms with E-state index in [2.05, 4.69) is 15.5 Å². The van der Waals surface area contributed by atoms with Gasteiger partial charge in [-0.15, -0.1) is 0 Å². The van der Waals surface area contributed by atoms with Gasteiger partial charge < -0.3 is 15.5 Å². The predicted molar refractivity (Wildman–Crippen MR) is 114 cm³/mol. The van der Waals surface area contributed by atoms with Crippen LogP contribution in [0.25, 0.3) is 6.08 Å². The molecule has 2 amide bonds. The first kappa shape index (κ1) is 20.6. The van der Waals surface area contributed by atoms with Crippen molar-refractivity contribution in [1.29, 1.82) is 0 Å². The summed E-state index contributed by atoms with van der Waals surface area (Å²) in [7, 11) is 0. The number of hydrogen-bond donors (Lipinski definition) is 2. The molecule has 1 saturated heterocycles. The fraction of sp³-hybridized carbons (Fsp3) is 0.304. The van der Waals surface area contributed by atoms with Gasteiger partial charge in [-0.3, -0.25) is 9.59 Å². The zero-order valence-electron chi connectivity index (χ0n) is 16.6. The quantitative estimate of drug-likeness (QED) is 0.728. The number of halogens is 1. The van der Waals surface area contributed by atoms with Crippen molar-refractivity contribution in [3.05, 3.63) is 65.5 Å². The number of nitrogens with one attached hydrogen (secondary N) is 2. The SMILES string of the molecule is C/C(=C\c1ccccc1F)C(=O)NCC(=O)Nc1ccc(N2CCCCC2)cc1. The van der Waals surface area contributed by atoms with E-state index in [4.69, 9.17) is 0 Å². The molecule has 0 spiro atoms. The Bertz CT molecular complexity index is 887. The van der Waals surface area contributed by atoms with E-state index in [1.807, 2.05) is 24.3 Å². The number of benzene rings is 2. The van der Waals surface area contributed by atoms with E-state index in [1.165, 1.54) is 31.4 Å². The Labute approximate surface area is 170 Å². The molecule has 1 aliphatic rings. The van der Waals surface area contributed by atoms with Crippen molar-refractivity contribution in [3.8, 4) is 0 Å². The molecule has 6 heteroatoms. The normalized spacial score (nSPS) is 14.4. The number of carbonyl (C=O) groups is 2. The van der Waals surface area contributed by atoms with Crippen LogP contribution in [0, 0.1) is 5.82 Å². The second kappa shape index (κ2) is 9.87. The lowest BCUT2D eigenvalue weighted by atomic mass is 10.1. The number of piperidine rings is 1. The molecule has 0 radical (unpaired) electrons. The van der Waals surface area contributed by atoms with Crippen molar-refractivity contribution in [2.24, 2.45) is 0 Å². The maximum absolute atomic E-state index is 13.7. The smallest absolute Gasteiger partial charge is 0.247 e. The number of carbonyl (C=O) groups excluding carboxylic acids is 2. The van der Waals surface area contributed by atoms with Gasteiger partial charge in [-0.25, -0.2) is 4.39 Å². The van der Waals surface area contributed by atoms with Crippen LogP contribution in [-0.2, 0) is 9.59 Å². The molecule has 0 saturated carbocycles. The summed E-state index contributed by atoms with van der Waals surface area (Å²) in [4.78, 5) is 26.6. The molecule has 2 aromatic rings. The van der Waals surface area contributed by atoms with Gasteiger partial charge in [0.05, 0.1) is 6.54 Å². The molecule has 29 heavy (non-hydrogen) atoms. The van der Waals surface area contributed by atoms with Crippen molar-refractivity contribution in [2.75, 3.05) is 29.9 Å². The van der Waals surface area contributed by atoms with Crippen molar-refractivity contribution in [2.45, 2.75) is 26.2 Å². The lowest BCUT2D eigenvalue weighted by molar-refractivity contribution is -0.121. The summed E-state index contributed by atoms with van der Waals surface area (Å²) in [5.74, 6) is -1.13. The van der Waals surface area contributed by atoms with Crippen LogP contribution in [-0.4, -0.2) is 31.4 Å². The lowest BCUT2D eigenvalue weighted by Gasteiger charge is -2.28. The fourth-order valence-electron chi connectivity index (χ4n) is 3.30. The van der Waals surface area contributed by atoms with Gasteiger partial charge in [0.15, 0.2) is 0 Å². The summed E-state index contributed by atoms with van der Waals surface area (Å²) in [5.41, 5.74) is 2.50. The second-order valence-electron chi connectivity index (χ2n) is 7.17. The molecular weight excluding hydrogens is 369 g/mol. The summed E-state index contributed by atoms with van der Waals surface area (Å²) >= 11 is 0. The van der Waals surface area contributed by atoms with Crippen LogP contribution in [0.15, 0.2) is 54.1 Å². The summed E-state index contributed by atoms with van der Waals surface area (Å²) in [5, 5.41) is 5.33. The average molecular weight is 395 g/mol. The third-order valence-corrected chi connectivity index (χ3v) is 4.92. The number of rotatable bonds is 6. The molecule has 1 fully saturated rings. The van der Waals surface area contributed by atoms with Gasteiger partial charge in [0.2, 0.25) is 11.8 Å². The first-order valence-electron chi connectivity index (χ1n) is 9.89. The Hall–Kier alpha value is -3.15. The van der Waals surface area contributed by atoms with E-state index in [-0.39, 0.29) is 12.5 Å². The maximum atomic E-state index is 13.7. The van der Waals surface area contributed by atoms with Gasteiger partial charge in [0, 0.05) is 35.6 Å². The second-order valence-corrected chi connectivity index (χ2v) is 7.17. The average Bonchev–Trinajstić information content (AvgIpc) is 2.75. The van der Waals surface area contributed by atoms with Gasteiger partial charge in [-0.05, 0) is 62.6 Å². The van der Waals surface area contributed by atoms with Gasteiger partial charge in [0.1, 0.15) is 5.82 Å².